The molecule has 2 N–H and O–H groups in total. The van der Waals surface area contributed by atoms with E-state index in [0.29, 0.717) is 16.6 Å². The van der Waals surface area contributed by atoms with Crippen LogP contribution in [0.25, 0.3) is 0 Å². The van der Waals surface area contributed by atoms with E-state index in [1.54, 1.807) is 0 Å². The largest absolute Gasteiger partial charge is 0.348 e. The fourth-order valence-corrected chi connectivity index (χ4v) is 5.17. The van der Waals surface area contributed by atoms with Crippen LogP contribution in [0.2, 0.25) is 5.02 Å². The summed E-state index contributed by atoms with van der Waals surface area (Å²) in [5, 5.41) is 9.99. The van der Waals surface area contributed by atoms with Crippen molar-refractivity contribution < 1.29 is 4.79 Å². The summed E-state index contributed by atoms with van der Waals surface area (Å²) < 4.78 is 0. The topological polar surface area (TPSA) is 61.0 Å². The highest BCUT2D eigenvalue weighted by Crippen LogP contribution is 2.37. The van der Waals surface area contributed by atoms with Crippen LogP contribution in [0.1, 0.15) is 66.9 Å². The first-order valence-electron chi connectivity index (χ1n) is 11.0. The molecule has 5 nitrogen and oxygen atoms in total. The fraction of sp³-hybridized carbons (Fsp3) is 0.565. The van der Waals surface area contributed by atoms with Crippen molar-refractivity contribution in [1.29, 1.82) is 0 Å². The minimum absolute atomic E-state index is 0.157. The molecule has 2 aromatic rings. The number of nitrogens with one attached hydrogen (secondary N) is 2. The fourth-order valence-electron chi connectivity index (χ4n) is 4.99. The first-order chi connectivity index (χ1) is 14.2. The van der Waals surface area contributed by atoms with Crippen molar-refractivity contribution in [1.82, 2.24) is 20.4 Å². The number of piperidine rings is 1. The number of H-pyrrole nitrogens is 1. The van der Waals surface area contributed by atoms with Crippen LogP contribution in [0.4, 0.5) is 0 Å². The van der Waals surface area contributed by atoms with Crippen LogP contribution < -0.4 is 5.32 Å². The molecular weight excluding hydrogens is 384 g/mol. The van der Waals surface area contributed by atoms with E-state index in [-0.39, 0.29) is 11.9 Å². The molecule has 1 aliphatic heterocycles. The van der Waals surface area contributed by atoms with Gasteiger partial charge in [0.25, 0.3) is 5.91 Å². The van der Waals surface area contributed by atoms with E-state index in [0.717, 1.165) is 38.4 Å². The molecule has 0 bridgehead atoms. The van der Waals surface area contributed by atoms with Crippen LogP contribution in [-0.2, 0) is 0 Å². The molecule has 1 aliphatic carbocycles. The van der Waals surface area contributed by atoms with Crippen molar-refractivity contribution in [3.63, 3.8) is 0 Å². The van der Waals surface area contributed by atoms with E-state index in [2.05, 4.69) is 50.7 Å². The lowest BCUT2D eigenvalue weighted by molar-refractivity contribution is 0.0900. The predicted molar refractivity (Wildman–Crippen MR) is 116 cm³/mol. The van der Waals surface area contributed by atoms with Crippen molar-refractivity contribution in [3.8, 4) is 0 Å². The highest BCUT2D eigenvalue weighted by Gasteiger charge is 2.29. The van der Waals surface area contributed by atoms with Crippen LogP contribution in [0.3, 0.4) is 0 Å². The SMILES string of the molecule is O=C(NC1CCN(CC(c2ccccc2)C2CCCCC2)CC1)c1[nH]ncc1Cl. The molecule has 29 heavy (non-hydrogen) atoms. The van der Waals surface area contributed by atoms with E-state index in [1.165, 1.54) is 43.9 Å². The molecule has 1 atom stereocenters. The molecule has 1 aromatic carbocycles. The predicted octanol–water partition coefficient (Wildman–Crippen LogP) is 4.62. The monoisotopic (exact) mass is 414 g/mol. The van der Waals surface area contributed by atoms with Crippen LogP contribution in [-0.4, -0.2) is 46.7 Å². The molecule has 1 saturated carbocycles. The van der Waals surface area contributed by atoms with Gasteiger partial charge >= 0.3 is 0 Å². The minimum Gasteiger partial charge on any atom is -0.348 e. The average Bonchev–Trinajstić information content (AvgIpc) is 3.20. The normalized spacial score (nSPS) is 20.4. The van der Waals surface area contributed by atoms with E-state index in [1.807, 2.05) is 0 Å². The highest BCUT2D eigenvalue weighted by molar-refractivity contribution is 6.33. The zero-order chi connectivity index (χ0) is 20.1. The number of carbonyl (C=O) groups is 1. The lowest BCUT2D eigenvalue weighted by Gasteiger charge is -2.38. The van der Waals surface area contributed by atoms with Gasteiger partial charge in [-0.25, -0.2) is 0 Å². The molecule has 156 valence electrons. The van der Waals surface area contributed by atoms with Gasteiger partial charge in [-0.3, -0.25) is 9.89 Å². The van der Waals surface area contributed by atoms with Gasteiger partial charge < -0.3 is 10.2 Å². The first kappa shape index (κ1) is 20.4. The molecule has 1 aromatic heterocycles. The number of amides is 1. The Hall–Kier alpha value is -1.85. The Bertz CT molecular complexity index is 779. The Morgan fingerprint density at radius 1 is 1.14 bits per heavy atom. The first-order valence-corrected chi connectivity index (χ1v) is 11.4. The number of hydrogen-bond acceptors (Lipinski definition) is 3. The smallest absolute Gasteiger partial charge is 0.271 e. The molecule has 1 unspecified atom stereocenters. The van der Waals surface area contributed by atoms with Gasteiger partial charge in [0.2, 0.25) is 0 Å². The summed E-state index contributed by atoms with van der Waals surface area (Å²) in [4.78, 5) is 15.0. The minimum atomic E-state index is -0.157. The van der Waals surface area contributed by atoms with Crippen molar-refractivity contribution in [2.45, 2.75) is 56.9 Å². The number of nitrogens with zero attached hydrogens (tertiary/aromatic N) is 2. The molecule has 2 fully saturated rings. The maximum Gasteiger partial charge on any atom is 0.271 e. The van der Waals surface area contributed by atoms with Crippen LogP contribution in [0.15, 0.2) is 36.5 Å². The lowest BCUT2D eigenvalue weighted by atomic mass is 9.76. The van der Waals surface area contributed by atoms with Crippen molar-refractivity contribution in [2.24, 2.45) is 5.92 Å². The van der Waals surface area contributed by atoms with Gasteiger partial charge in [-0.1, -0.05) is 61.2 Å². The van der Waals surface area contributed by atoms with Gasteiger partial charge in [0, 0.05) is 25.7 Å². The summed E-state index contributed by atoms with van der Waals surface area (Å²) in [6, 6.07) is 11.3. The molecule has 1 saturated heterocycles. The maximum absolute atomic E-state index is 12.4. The van der Waals surface area contributed by atoms with Crippen molar-refractivity contribution in [3.05, 3.63) is 52.8 Å². The number of hydrogen-bond donors (Lipinski definition) is 2. The highest BCUT2D eigenvalue weighted by atomic mass is 35.5. The number of likely N-dealkylation sites (tertiary alicyclic amines) is 1. The van der Waals surface area contributed by atoms with Crippen LogP contribution in [0.5, 0.6) is 0 Å². The second kappa shape index (κ2) is 9.77. The molecule has 0 spiro atoms. The molecular formula is C23H31ClN4O. The Balaban J connectivity index is 1.33. The average molecular weight is 415 g/mol. The van der Waals surface area contributed by atoms with E-state index in [9.17, 15) is 4.79 Å². The summed E-state index contributed by atoms with van der Waals surface area (Å²) in [5.41, 5.74) is 1.85. The number of halogens is 1. The number of benzene rings is 1. The zero-order valence-corrected chi connectivity index (χ0v) is 17.7. The third-order valence-electron chi connectivity index (χ3n) is 6.64. The Morgan fingerprint density at radius 3 is 2.52 bits per heavy atom. The third kappa shape index (κ3) is 5.20. The van der Waals surface area contributed by atoms with E-state index in [4.69, 9.17) is 11.6 Å². The van der Waals surface area contributed by atoms with Gasteiger partial charge in [-0.2, -0.15) is 5.10 Å². The second-order valence-corrected chi connectivity index (χ2v) is 8.96. The molecule has 6 heteroatoms. The second-order valence-electron chi connectivity index (χ2n) is 8.56. The van der Waals surface area contributed by atoms with Gasteiger partial charge in [-0.15, -0.1) is 0 Å². The van der Waals surface area contributed by atoms with Crippen molar-refractivity contribution in [2.75, 3.05) is 19.6 Å². The van der Waals surface area contributed by atoms with E-state index < -0.39 is 0 Å². The number of aromatic nitrogens is 2. The molecule has 4 rings (SSSR count). The quantitative estimate of drug-likeness (QED) is 0.724. The summed E-state index contributed by atoms with van der Waals surface area (Å²) in [6.07, 6.45) is 10.3. The maximum atomic E-state index is 12.4. The van der Waals surface area contributed by atoms with Gasteiger partial charge in [0.15, 0.2) is 0 Å². The van der Waals surface area contributed by atoms with E-state index >= 15 is 0 Å². The number of carbonyl (C=O) groups excluding carboxylic acids is 1. The number of aromatic amines is 1. The van der Waals surface area contributed by atoms with Crippen molar-refractivity contribution >= 4 is 17.5 Å². The van der Waals surface area contributed by atoms with Gasteiger partial charge in [-0.05, 0) is 43.1 Å². The van der Waals surface area contributed by atoms with Gasteiger partial charge in [0.05, 0.1) is 11.2 Å². The van der Waals surface area contributed by atoms with Crippen LogP contribution in [0, 0.1) is 5.92 Å². The summed E-state index contributed by atoms with van der Waals surface area (Å²) in [6.45, 7) is 3.18. The Morgan fingerprint density at radius 2 is 1.86 bits per heavy atom. The lowest BCUT2D eigenvalue weighted by Crippen LogP contribution is -2.46. The molecule has 2 aliphatic rings. The standard InChI is InChI=1S/C23H31ClN4O/c24-21-15-25-27-22(21)23(29)26-19-11-13-28(14-12-19)16-20(17-7-3-1-4-8-17)18-9-5-2-6-10-18/h1,3-4,7-8,15,18-20H,2,5-6,9-14,16H2,(H,25,27)(H,26,29). The Labute approximate surface area is 178 Å². The summed E-state index contributed by atoms with van der Waals surface area (Å²) in [5.74, 6) is 1.26. The molecule has 0 radical (unpaired) electrons. The zero-order valence-electron chi connectivity index (χ0n) is 16.9. The van der Waals surface area contributed by atoms with Crippen LogP contribution >= 0.6 is 11.6 Å². The Kier molecular flexibility index (Phi) is 6.88. The summed E-state index contributed by atoms with van der Waals surface area (Å²) >= 11 is 6.00. The number of rotatable bonds is 6. The third-order valence-corrected chi connectivity index (χ3v) is 6.93. The molecule has 2 heterocycles. The summed E-state index contributed by atoms with van der Waals surface area (Å²) in [7, 11) is 0. The molecule has 1 amide bonds. The van der Waals surface area contributed by atoms with Gasteiger partial charge in [0.1, 0.15) is 5.69 Å².